The number of para-hydroxylation sites is 1. The Morgan fingerprint density at radius 1 is 1.20 bits per heavy atom. The van der Waals surface area contributed by atoms with Gasteiger partial charge in [-0.05, 0) is 32.1 Å². The molecule has 1 aromatic carbocycles. The van der Waals surface area contributed by atoms with Crippen molar-refractivity contribution in [1.29, 1.82) is 0 Å². The SMILES string of the molecule is Cc1nnc(COC(=O)C=Cc2c(C)nn(-c3ccccc3)c2C)o1. The lowest BCUT2D eigenvalue weighted by Gasteiger charge is -2.03. The van der Waals surface area contributed by atoms with Crippen LogP contribution in [0.3, 0.4) is 0 Å². The highest BCUT2D eigenvalue weighted by Gasteiger charge is 2.11. The fourth-order valence-electron chi connectivity index (χ4n) is 2.44. The highest BCUT2D eigenvalue weighted by molar-refractivity contribution is 5.87. The van der Waals surface area contributed by atoms with E-state index in [1.165, 1.54) is 6.08 Å². The molecule has 0 aliphatic rings. The van der Waals surface area contributed by atoms with Gasteiger partial charge in [0.15, 0.2) is 6.61 Å². The zero-order valence-corrected chi connectivity index (χ0v) is 14.3. The molecule has 0 saturated heterocycles. The van der Waals surface area contributed by atoms with Crippen LogP contribution in [0, 0.1) is 20.8 Å². The van der Waals surface area contributed by atoms with Gasteiger partial charge in [-0.2, -0.15) is 5.10 Å². The molecule has 0 aliphatic carbocycles. The van der Waals surface area contributed by atoms with E-state index >= 15 is 0 Å². The zero-order valence-electron chi connectivity index (χ0n) is 14.3. The van der Waals surface area contributed by atoms with Crippen LogP contribution in [0.1, 0.15) is 28.7 Å². The van der Waals surface area contributed by atoms with Gasteiger partial charge >= 0.3 is 5.97 Å². The highest BCUT2D eigenvalue weighted by atomic mass is 16.5. The number of hydrogen-bond donors (Lipinski definition) is 0. The molecule has 2 aromatic heterocycles. The molecule has 0 atom stereocenters. The van der Waals surface area contributed by atoms with Gasteiger partial charge in [-0.1, -0.05) is 18.2 Å². The lowest BCUT2D eigenvalue weighted by Crippen LogP contribution is -2.01. The number of ether oxygens (including phenoxy) is 1. The average molecular weight is 338 g/mol. The second-order valence-electron chi connectivity index (χ2n) is 5.49. The van der Waals surface area contributed by atoms with Crippen molar-refractivity contribution in [3.05, 3.63) is 65.1 Å². The minimum absolute atomic E-state index is 0.0503. The maximum Gasteiger partial charge on any atom is 0.331 e. The van der Waals surface area contributed by atoms with E-state index in [-0.39, 0.29) is 12.5 Å². The van der Waals surface area contributed by atoms with Gasteiger partial charge in [-0.3, -0.25) is 0 Å². The molecule has 0 radical (unpaired) electrons. The van der Waals surface area contributed by atoms with Crippen molar-refractivity contribution >= 4 is 12.0 Å². The van der Waals surface area contributed by atoms with Crippen LogP contribution in [-0.4, -0.2) is 25.9 Å². The van der Waals surface area contributed by atoms with E-state index in [2.05, 4.69) is 15.3 Å². The zero-order chi connectivity index (χ0) is 17.8. The maximum atomic E-state index is 11.9. The molecule has 128 valence electrons. The quantitative estimate of drug-likeness (QED) is 0.525. The van der Waals surface area contributed by atoms with Gasteiger partial charge in [-0.25, -0.2) is 9.48 Å². The molecule has 0 saturated carbocycles. The summed E-state index contributed by atoms with van der Waals surface area (Å²) in [4.78, 5) is 11.9. The number of carbonyl (C=O) groups excluding carboxylic acids is 1. The van der Waals surface area contributed by atoms with E-state index in [4.69, 9.17) is 9.15 Å². The second-order valence-corrected chi connectivity index (χ2v) is 5.49. The average Bonchev–Trinajstić information content (AvgIpc) is 3.15. The number of benzene rings is 1. The number of esters is 1. The summed E-state index contributed by atoms with van der Waals surface area (Å²) in [5, 5.41) is 12.0. The Bertz CT molecular complexity index is 910. The highest BCUT2D eigenvalue weighted by Crippen LogP contribution is 2.19. The van der Waals surface area contributed by atoms with E-state index in [0.717, 1.165) is 22.6 Å². The summed E-state index contributed by atoms with van der Waals surface area (Å²) >= 11 is 0. The first-order chi connectivity index (χ1) is 12.0. The Balaban J connectivity index is 1.71. The van der Waals surface area contributed by atoms with Crippen LogP contribution in [0.5, 0.6) is 0 Å². The molecule has 0 aliphatic heterocycles. The third-order valence-electron chi connectivity index (χ3n) is 3.64. The third-order valence-corrected chi connectivity index (χ3v) is 3.64. The number of aromatic nitrogens is 4. The summed E-state index contributed by atoms with van der Waals surface area (Å²) in [6.45, 7) is 5.48. The van der Waals surface area contributed by atoms with Crippen LogP contribution in [0.4, 0.5) is 0 Å². The van der Waals surface area contributed by atoms with E-state index in [1.807, 2.05) is 48.9 Å². The smallest absolute Gasteiger partial charge is 0.331 e. The van der Waals surface area contributed by atoms with Crippen molar-refractivity contribution in [2.75, 3.05) is 0 Å². The predicted molar refractivity (Wildman–Crippen MR) is 90.9 cm³/mol. The monoisotopic (exact) mass is 338 g/mol. The minimum atomic E-state index is -0.484. The molecule has 0 fully saturated rings. The van der Waals surface area contributed by atoms with Gasteiger partial charge in [0.25, 0.3) is 5.89 Å². The normalized spacial score (nSPS) is 11.2. The molecule has 7 heteroatoms. The van der Waals surface area contributed by atoms with Gasteiger partial charge in [-0.15, -0.1) is 10.2 Å². The molecule has 25 heavy (non-hydrogen) atoms. The summed E-state index contributed by atoms with van der Waals surface area (Å²) in [7, 11) is 0. The number of carbonyl (C=O) groups is 1. The molecule has 7 nitrogen and oxygen atoms in total. The molecule has 0 amide bonds. The molecule has 0 spiro atoms. The van der Waals surface area contributed by atoms with Crippen molar-refractivity contribution in [3.8, 4) is 5.69 Å². The van der Waals surface area contributed by atoms with E-state index in [0.29, 0.717) is 5.89 Å². The number of aryl methyl sites for hydroxylation is 2. The Hall–Kier alpha value is -3.22. The molecule has 0 N–H and O–H groups in total. The van der Waals surface area contributed by atoms with Crippen LogP contribution < -0.4 is 0 Å². The first-order valence-electron chi connectivity index (χ1n) is 7.80. The number of hydrogen-bond acceptors (Lipinski definition) is 6. The Labute approximate surface area is 144 Å². The standard InChI is InChI=1S/C18H18N4O3/c1-12-16(13(2)22(21-12)15-7-5-4-6-8-15)9-10-18(23)24-11-17-20-19-14(3)25-17/h4-10H,11H2,1-3H3. The largest absolute Gasteiger partial charge is 0.452 e. The first kappa shape index (κ1) is 16.6. The molecular weight excluding hydrogens is 320 g/mol. The van der Waals surface area contributed by atoms with Crippen LogP contribution in [-0.2, 0) is 16.1 Å². The van der Waals surface area contributed by atoms with E-state index in [9.17, 15) is 4.79 Å². The van der Waals surface area contributed by atoms with Crippen LogP contribution in [0.15, 0.2) is 40.8 Å². The van der Waals surface area contributed by atoms with Gasteiger partial charge in [0.1, 0.15) is 0 Å². The van der Waals surface area contributed by atoms with Gasteiger partial charge in [0.2, 0.25) is 5.89 Å². The fourth-order valence-corrected chi connectivity index (χ4v) is 2.44. The van der Waals surface area contributed by atoms with Crippen molar-refractivity contribution in [2.45, 2.75) is 27.4 Å². The molecule has 2 heterocycles. The molecule has 3 aromatic rings. The first-order valence-corrected chi connectivity index (χ1v) is 7.80. The summed E-state index contributed by atoms with van der Waals surface area (Å²) in [5.41, 5.74) is 3.63. The van der Waals surface area contributed by atoms with Crippen LogP contribution in [0.25, 0.3) is 11.8 Å². The van der Waals surface area contributed by atoms with Crippen molar-refractivity contribution < 1.29 is 13.9 Å². The number of rotatable bonds is 5. The lowest BCUT2D eigenvalue weighted by molar-refractivity contribution is -0.139. The van der Waals surface area contributed by atoms with Crippen LogP contribution in [0.2, 0.25) is 0 Å². The topological polar surface area (TPSA) is 83.0 Å². The Kier molecular flexibility index (Phi) is 4.74. The summed E-state index contributed by atoms with van der Waals surface area (Å²) in [6, 6.07) is 9.83. The minimum Gasteiger partial charge on any atom is -0.452 e. The summed E-state index contributed by atoms with van der Waals surface area (Å²) in [6.07, 6.45) is 3.08. The Morgan fingerprint density at radius 2 is 1.96 bits per heavy atom. The summed E-state index contributed by atoms with van der Waals surface area (Å²) in [5.74, 6) is 0.215. The second kappa shape index (κ2) is 7.12. The predicted octanol–water partition coefficient (Wildman–Crippen LogP) is 2.94. The van der Waals surface area contributed by atoms with Gasteiger partial charge in [0, 0.05) is 24.3 Å². The third kappa shape index (κ3) is 3.82. The molecule has 0 bridgehead atoms. The summed E-state index contributed by atoms with van der Waals surface area (Å²) < 4.78 is 12.1. The molecular formula is C18H18N4O3. The molecule has 0 unspecified atom stereocenters. The van der Waals surface area contributed by atoms with Crippen LogP contribution >= 0.6 is 0 Å². The van der Waals surface area contributed by atoms with Gasteiger partial charge in [0.05, 0.1) is 11.4 Å². The van der Waals surface area contributed by atoms with Gasteiger partial charge < -0.3 is 9.15 Å². The van der Waals surface area contributed by atoms with Crippen molar-refractivity contribution in [2.24, 2.45) is 0 Å². The fraction of sp³-hybridized carbons (Fsp3) is 0.222. The molecule has 3 rings (SSSR count). The number of nitrogens with zero attached hydrogens (tertiary/aromatic N) is 4. The van der Waals surface area contributed by atoms with Crippen molar-refractivity contribution in [3.63, 3.8) is 0 Å². The van der Waals surface area contributed by atoms with E-state index in [1.54, 1.807) is 13.0 Å². The maximum absolute atomic E-state index is 11.9. The lowest BCUT2D eigenvalue weighted by atomic mass is 10.2. The van der Waals surface area contributed by atoms with E-state index < -0.39 is 5.97 Å². The Morgan fingerprint density at radius 3 is 2.64 bits per heavy atom. The van der Waals surface area contributed by atoms with Crippen molar-refractivity contribution in [1.82, 2.24) is 20.0 Å².